The van der Waals surface area contributed by atoms with Gasteiger partial charge < -0.3 is 4.74 Å². The molecule has 0 spiro atoms. The molecule has 1 fully saturated rings. The van der Waals surface area contributed by atoms with Crippen LogP contribution in [0.2, 0.25) is 0 Å². The van der Waals surface area contributed by atoms with Crippen LogP contribution >= 0.6 is 7.82 Å². The highest BCUT2D eigenvalue weighted by Gasteiger charge is 2.42. The zero-order valence-corrected chi connectivity index (χ0v) is 17.1. The Morgan fingerprint density at radius 3 is 2.71 bits per heavy atom. The fourth-order valence-electron chi connectivity index (χ4n) is 2.81. The number of ether oxygens (including phenoxy) is 1. The van der Waals surface area contributed by atoms with E-state index >= 15 is 0 Å². The Morgan fingerprint density at radius 2 is 2.07 bits per heavy atom. The second kappa shape index (κ2) is 10.1. The number of nitrogens with zero attached hydrogens (tertiary/aromatic N) is 2. The molecule has 1 N–H and O–H groups in total. The second-order valence-corrected chi connectivity index (χ2v) is 8.04. The average Bonchev–Trinajstić information content (AvgIpc) is 3.05. The molecule has 1 aromatic heterocycles. The van der Waals surface area contributed by atoms with Crippen LogP contribution in [-0.2, 0) is 22.9 Å². The number of phosphoric acid groups is 1. The second-order valence-electron chi connectivity index (χ2n) is 6.42. The highest BCUT2D eigenvalue weighted by Crippen LogP contribution is 2.53. The van der Waals surface area contributed by atoms with Crippen LogP contribution < -0.4 is 11.2 Å². The highest BCUT2D eigenvalue weighted by atomic mass is 31.2. The lowest BCUT2D eigenvalue weighted by Crippen LogP contribution is -2.33. The van der Waals surface area contributed by atoms with E-state index in [1.54, 1.807) is 6.92 Å². The Balaban J connectivity index is 2.18. The summed E-state index contributed by atoms with van der Waals surface area (Å²) in [4.78, 5) is 25.9. The molecule has 0 amide bonds. The van der Waals surface area contributed by atoms with Gasteiger partial charge in [0.1, 0.15) is 6.23 Å². The van der Waals surface area contributed by atoms with Gasteiger partial charge in [0.25, 0.3) is 5.56 Å². The number of phosphoric ester groups is 1. The van der Waals surface area contributed by atoms with Gasteiger partial charge in [0.05, 0.1) is 37.9 Å². The summed E-state index contributed by atoms with van der Waals surface area (Å²) >= 11 is 0. The Kier molecular flexibility index (Phi) is 8.16. The van der Waals surface area contributed by atoms with Gasteiger partial charge in [-0.25, -0.2) is 9.36 Å². The maximum Gasteiger partial charge on any atom is 0.475 e. The molecule has 0 radical (unpaired) electrons. The van der Waals surface area contributed by atoms with Crippen molar-refractivity contribution in [2.45, 2.75) is 64.9 Å². The van der Waals surface area contributed by atoms with Crippen LogP contribution in [0, 0.1) is 18.3 Å². The molecule has 0 aromatic carbocycles. The summed E-state index contributed by atoms with van der Waals surface area (Å²) in [7, 11) is -3.89. The molecular formula is C17H26N3O7P. The van der Waals surface area contributed by atoms with Crippen LogP contribution in [0.5, 0.6) is 0 Å². The first kappa shape index (κ1) is 22.5. The van der Waals surface area contributed by atoms with Crippen LogP contribution in [0.1, 0.15) is 51.3 Å². The lowest BCUT2D eigenvalue weighted by atomic mass is 10.1. The van der Waals surface area contributed by atoms with Crippen LogP contribution in [0.15, 0.2) is 15.8 Å². The largest absolute Gasteiger partial charge is 0.475 e. The van der Waals surface area contributed by atoms with E-state index in [1.807, 2.05) is 19.9 Å². The van der Waals surface area contributed by atoms with Gasteiger partial charge in [0.2, 0.25) is 0 Å². The zero-order valence-electron chi connectivity index (χ0n) is 16.3. The van der Waals surface area contributed by atoms with Crippen molar-refractivity contribution in [2.24, 2.45) is 0 Å². The van der Waals surface area contributed by atoms with Gasteiger partial charge in [-0.15, -0.1) is 0 Å². The minimum absolute atomic E-state index is 0.0515. The first-order valence-corrected chi connectivity index (χ1v) is 10.7. The molecule has 2 unspecified atom stereocenters. The van der Waals surface area contributed by atoms with Crippen molar-refractivity contribution in [3.8, 4) is 6.07 Å². The Bertz CT molecular complexity index is 860. The number of aromatic amines is 1. The molecule has 28 heavy (non-hydrogen) atoms. The number of hydrogen-bond donors (Lipinski definition) is 1. The van der Waals surface area contributed by atoms with Crippen molar-refractivity contribution in [1.82, 2.24) is 9.55 Å². The third-order valence-corrected chi connectivity index (χ3v) is 5.75. The number of aromatic nitrogens is 2. The summed E-state index contributed by atoms with van der Waals surface area (Å²) in [5.41, 5.74) is -0.674. The van der Waals surface area contributed by atoms with Crippen molar-refractivity contribution >= 4 is 7.82 Å². The van der Waals surface area contributed by atoms with E-state index in [9.17, 15) is 14.2 Å². The summed E-state index contributed by atoms with van der Waals surface area (Å²) in [5, 5.41) is 8.65. The minimum atomic E-state index is -3.89. The van der Waals surface area contributed by atoms with E-state index in [0.29, 0.717) is 18.4 Å². The fourth-order valence-corrected chi connectivity index (χ4v) is 4.29. The summed E-state index contributed by atoms with van der Waals surface area (Å²) in [6.45, 7) is 5.41. The van der Waals surface area contributed by atoms with Gasteiger partial charge in [-0.2, -0.15) is 5.26 Å². The molecule has 11 heteroatoms. The van der Waals surface area contributed by atoms with E-state index in [4.69, 9.17) is 23.6 Å². The average molecular weight is 415 g/mol. The molecule has 2 heterocycles. The Morgan fingerprint density at radius 1 is 1.36 bits per heavy atom. The number of aryl methyl sites for hydroxylation is 1. The molecule has 10 nitrogen and oxygen atoms in total. The number of H-pyrrole nitrogens is 1. The predicted molar refractivity (Wildman–Crippen MR) is 99.8 cm³/mol. The summed E-state index contributed by atoms with van der Waals surface area (Å²) < 4.78 is 36.3. The molecule has 156 valence electrons. The van der Waals surface area contributed by atoms with Gasteiger partial charge in [0, 0.05) is 18.2 Å². The lowest BCUT2D eigenvalue weighted by Gasteiger charge is -2.23. The van der Waals surface area contributed by atoms with Crippen molar-refractivity contribution in [2.75, 3.05) is 13.2 Å². The normalized spacial score (nSPS) is 24.0. The van der Waals surface area contributed by atoms with Gasteiger partial charge >= 0.3 is 13.5 Å². The fraction of sp³-hybridized carbons (Fsp3) is 0.706. The first-order chi connectivity index (χ1) is 13.3. The Hall–Kier alpha value is -1.76. The maximum atomic E-state index is 12.9. The quantitative estimate of drug-likeness (QED) is 0.455. The SMILES string of the molecule is CCCOP(=O)(OCCC#N)OC1C[C@H](n2cc(C)c(=O)[nH]c2=O)O[C@@H]1CC. The predicted octanol–water partition coefficient (Wildman–Crippen LogP) is 2.39. The molecule has 0 saturated carbocycles. The van der Waals surface area contributed by atoms with Crippen molar-refractivity contribution in [1.29, 1.82) is 5.26 Å². The molecule has 1 aromatic rings. The number of nitrogens with one attached hydrogen (secondary N) is 1. The highest BCUT2D eigenvalue weighted by molar-refractivity contribution is 7.48. The van der Waals surface area contributed by atoms with Crippen LogP contribution in [0.25, 0.3) is 0 Å². The molecule has 1 aliphatic heterocycles. The van der Waals surface area contributed by atoms with Crippen LogP contribution in [-0.4, -0.2) is 35.0 Å². The molecular weight excluding hydrogens is 389 g/mol. The third-order valence-electron chi connectivity index (χ3n) is 4.22. The summed E-state index contributed by atoms with van der Waals surface area (Å²) in [6, 6.07) is 1.91. The summed E-state index contributed by atoms with van der Waals surface area (Å²) in [6.07, 6.45) is 1.10. The van der Waals surface area contributed by atoms with Crippen molar-refractivity contribution in [3.63, 3.8) is 0 Å². The van der Waals surface area contributed by atoms with Gasteiger partial charge in [-0.3, -0.25) is 27.9 Å². The minimum Gasteiger partial charge on any atom is -0.352 e. The summed E-state index contributed by atoms with van der Waals surface area (Å²) in [5.74, 6) is 0. The third kappa shape index (κ3) is 5.63. The number of hydrogen-bond acceptors (Lipinski definition) is 8. The molecule has 1 saturated heterocycles. The van der Waals surface area contributed by atoms with Crippen molar-refractivity contribution < 1.29 is 22.9 Å². The van der Waals surface area contributed by atoms with Crippen LogP contribution in [0.4, 0.5) is 0 Å². The lowest BCUT2D eigenvalue weighted by molar-refractivity contribution is -0.0248. The topological polar surface area (TPSA) is 133 Å². The molecule has 4 atom stereocenters. The van der Waals surface area contributed by atoms with E-state index in [2.05, 4.69) is 4.98 Å². The van der Waals surface area contributed by atoms with Crippen LogP contribution in [0.3, 0.4) is 0 Å². The van der Waals surface area contributed by atoms with Gasteiger partial charge in [-0.05, 0) is 19.8 Å². The molecule has 0 bridgehead atoms. The van der Waals surface area contributed by atoms with E-state index in [1.165, 1.54) is 10.8 Å². The van der Waals surface area contributed by atoms with Gasteiger partial charge in [0.15, 0.2) is 0 Å². The van der Waals surface area contributed by atoms with Crippen molar-refractivity contribution in [3.05, 3.63) is 32.6 Å². The maximum absolute atomic E-state index is 12.9. The number of nitriles is 1. The van der Waals surface area contributed by atoms with Gasteiger partial charge in [-0.1, -0.05) is 13.8 Å². The first-order valence-electron chi connectivity index (χ1n) is 9.25. The van der Waals surface area contributed by atoms with E-state index in [-0.39, 0.29) is 26.1 Å². The standard InChI is InChI=1S/C17H26N3O7P/c1-4-8-24-28(23,25-9-6-7-18)27-14-10-15(26-13(14)5-2)20-11-12(3)16(21)19-17(20)22/h11,13-15H,4-6,8-10H2,1-3H3,(H,19,21,22)/t13-,14?,15-,28?/m1/s1. The molecule has 1 aliphatic rings. The zero-order chi connectivity index (χ0) is 20.7. The smallest absolute Gasteiger partial charge is 0.352 e. The number of rotatable bonds is 10. The molecule has 2 rings (SSSR count). The monoisotopic (exact) mass is 415 g/mol. The Labute approximate surface area is 163 Å². The van der Waals surface area contributed by atoms with E-state index < -0.39 is 37.5 Å². The molecule has 0 aliphatic carbocycles. The van der Waals surface area contributed by atoms with E-state index in [0.717, 1.165) is 0 Å².